The first kappa shape index (κ1) is 89.6. The van der Waals surface area contributed by atoms with Crippen molar-refractivity contribution >= 4 is 19.8 Å². The van der Waals surface area contributed by atoms with Crippen LogP contribution in [0, 0.1) is 0 Å². The third kappa shape index (κ3) is 76.6. The summed E-state index contributed by atoms with van der Waals surface area (Å²) in [5, 5.41) is 0. The van der Waals surface area contributed by atoms with E-state index < -0.39 is 26.5 Å². The Balaban J connectivity index is 4.03. The van der Waals surface area contributed by atoms with Crippen LogP contribution in [-0.2, 0) is 32.7 Å². The van der Waals surface area contributed by atoms with E-state index in [9.17, 15) is 19.0 Å². The Morgan fingerprint density at radius 1 is 0.330 bits per heavy atom. The number of ether oxygens (including phenoxy) is 2. The van der Waals surface area contributed by atoms with E-state index in [1.54, 1.807) is 0 Å². The van der Waals surface area contributed by atoms with Gasteiger partial charge in [0.2, 0.25) is 0 Å². The molecule has 1 N–H and O–H groups in total. The summed E-state index contributed by atoms with van der Waals surface area (Å²) < 4.78 is 34.8. The second-order valence-corrected chi connectivity index (χ2v) is 27.7. The molecule has 536 valence electrons. The molecule has 10 heteroatoms. The molecule has 0 radical (unpaired) electrons. The molecule has 0 spiro atoms. The third-order valence-corrected chi connectivity index (χ3v) is 17.0. The third-order valence-electron chi connectivity index (χ3n) is 16.1. The van der Waals surface area contributed by atoms with Gasteiger partial charge in [0, 0.05) is 12.8 Å². The lowest BCUT2D eigenvalue weighted by Gasteiger charge is -2.24. The molecule has 2 atom stereocenters. The van der Waals surface area contributed by atoms with Crippen LogP contribution in [0.3, 0.4) is 0 Å². The molecule has 0 aliphatic heterocycles. The number of hydrogen-bond donors (Lipinski definition) is 1. The molecule has 0 bridgehead atoms. The zero-order chi connectivity index (χ0) is 68.3. The molecule has 0 fully saturated rings. The summed E-state index contributed by atoms with van der Waals surface area (Å²) in [7, 11) is 1.47. The number of rotatable bonds is 69. The Hall–Kier alpha value is -4.37. The van der Waals surface area contributed by atoms with E-state index in [0.29, 0.717) is 17.4 Å². The van der Waals surface area contributed by atoms with Crippen LogP contribution in [0.4, 0.5) is 0 Å². The highest BCUT2D eigenvalue weighted by Crippen LogP contribution is 2.43. The summed E-state index contributed by atoms with van der Waals surface area (Å²) >= 11 is 0. The van der Waals surface area contributed by atoms with Crippen molar-refractivity contribution in [1.29, 1.82) is 0 Å². The number of hydrogen-bond acceptors (Lipinski definition) is 7. The second-order valence-electron chi connectivity index (χ2n) is 26.3. The lowest BCUT2D eigenvalue weighted by Crippen LogP contribution is -2.37. The zero-order valence-corrected chi connectivity index (χ0v) is 62.0. The van der Waals surface area contributed by atoms with Crippen molar-refractivity contribution in [3.05, 3.63) is 158 Å². The first-order valence-electron chi connectivity index (χ1n) is 38.2. The molecule has 0 aliphatic carbocycles. The second kappa shape index (κ2) is 72.9. The van der Waals surface area contributed by atoms with Crippen LogP contribution < -0.4 is 0 Å². The topological polar surface area (TPSA) is 108 Å². The minimum Gasteiger partial charge on any atom is -0.462 e. The molecule has 0 saturated carbocycles. The molecule has 0 aromatic carbocycles. The molecule has 0 heterocycles. The highest BCUT2D eigenvalue weighted by atomic mass is 31.2. The van der Waals surface area contributed by atoms with Crippen molar-refractivity contribution in [2.75, 3.05) is 47.5 Å². The summed E-state index contributed by atoms with van der Waals surface area (Å²) in [5.41, 5.74) is 0. The predicted molar refractivity (Wildman–Crippen MR) is 408 cm³/mol. The van der Waals surface area contributed by atoms with Crippen LogP contribution in [0.25, 0.3) is 0 Å². The van der Waals surface area contributed by atoms with Crippen molar-refractivity contribution in [3.8, 4) is 0 Å². The fourth-order valence-electron chi connectivity index (χ4n) is 10.3. The first-order chi connectivity index (χ1) is 46.0. The zero-order valence-electron chi connectivity index (χ0n) is 61.1. The fourth-order valence-corrected chi connectivity index (χ4v) is 11.0. The van der Waals surface area contributed by atoms with Gasteiger partial charge in [0.15, 0.2) is 6.10 Å². The summed E-state index contributed by atoms with van der Waals surface area (Å²) in [5.74, 6) is -0.797. The number of esters is 2. The van der Waals surface area contributed by atoms with Gasteiger partial charge in [-0.3, -0.25) is 18.6 Å². The van der Waals surface area contributed by atoms with Gasteiger partial charge in [-0.2, -0.15) is 0 Å². The summed E-state index contributed by atoms with van der Waals surface area (Å²) in [6, 6.07) is 0. The number of nitrogens with zero attached hydrogens (tertiary/aromatic N) is 1. The van der Waals surface area contributed by atoms with Gasteiger partial charge in [-0.1, -0.05) is 332 Å². The van der Waals surface area contributed by atoms with Crippen molar-refractivity contribution in [2.45, 2.75) is 315 Å². The van der Waals surface area contributed by atoms with Crippen molar-refractivity contribution in [1.82, 2.24) is 0 Å². The lowest BCUT2D eigenvalue weighted by atomic mass is 10.0. The number of allylic oxidation sites excluding steroid dienone is 26. The molecule has 0 amide bonds. The average molecular weight is 1330 g/mol. The maximum atomic E-state index is 12.9. The van der Waals surface area contributed by atoms with Gasteiger partial charge in [-0.05, 0) is 122 Å². The number of carbonyl (C=O) groups excluding carboxylic acids is 2. The predicted octanol–water partition coefficient (Wildman–Crippen LogP) is 25.5. The SMILES string of the molecule is CC/C=C\C/C=C\C/C=C\C/C=C\C/C=C\C/C=C\C/C=C\CCCCCCCCCCCCCCCCCC(=O)OC(COC(=O)CCCCCCCCCCCCCCCC/C=C\C/C=C\C/C=C\C/C=C\C/C=C\C/C=C\CC)COP(=O)(O)OCC[N+](C)(C)C. The van der Waals surface area contributed by atoms with Gasteiger partial charge in [-0.15, -0.1) is 0 Å². The Kier molecular flexibility index (Phi) is 69.5. The van der Waals surface area contributed by atoms with E-state index in [0.717, 1.165) is 122 Å². The monoisotopic (exact) mass is 1330 g/mol. The number of unbranched alkanes of at least 4 members (excludes halogenated alkanes) is 29. The van der Waals surface area contributed by atoms with E-state index in [4.69, 9.17) is 18.5 Å². The Morgan fingerprint density at radius 3 is 0.851 bits per heavy atom. The van der Waals surface area contributed by atoms with E-state index in [-0.39, 0.29) is 32.0 Å². The van der Waals surface area contributed by atoms with Gasteiger partial charge in [0.05, 0.1) is 27.7 Å². The van der Waals surface area contributed by atoms with Gasteiger partial charge in [0.25, 0.3) is 0 Å². The average Bonchev–Trinajstić information content (AvgIpc) is 1.56. The number of carbonyl (C=O) groups is 2. The molecular formula is C84H143NO8P+. The highest BCUT2D eigenvalue weighted by Gasteiger charge is 2.27. The quantitative estimate of drug-likeness (QED) is 0.0211. The van der Waals surface area contributed by atoms with Gasteiger partial charge < -0.3 is 18.9 Å². The number of phosphoric acid groups is 1. The molecule has 9 nitrogen and oxygen atoms in total. The highest BCUT2D eigenvalue weighted by molar-refractivity contribution is 7.47. The molecule has 0 aliphatic rings. The van der Waals surface area contributed by atoms with Crippen LogP contribution in [0.1, 0.15) is 309 Å². The first-order valence-corrected chi connectivity index (χ1v) is 39.7. The summed E-state index contributed by atoms with van der Waals surface area (Å²) in [6.07, 6.45) is 109. The van der Waals surface area contributed by atoms with Crippen molar-refractivity contribution < 1.29 is 42.1 Å². The molecular weight excluding hydrogens is 1180 g/mol. The molecule has 0 saturated heterocycles. The van der Waals surface area contributed by atoms with Crippen molar-refractivity contribution in [3.63, 3.8) is 0 Å². The smallest absolute Gasteiger partial charge is 0.462 e. The standard InChI is InChI=1S/C84H142NO8P/c1-6-8-10-12-14-16-18-20-22-24-26-28-30-32-34-36-38-40-41-42-43-45-47-49-51-53-55-57-59-61-63-65-67-69-71-73-75-77-84(87)93-82(81-92-94(88,89)91-79-78-85(3,4)5)80-90-83(86)76-74-72-70-68-66-64-62-60-58-56-54-52-50-48-46-44-39-37-35-33-31-29-27-25-23-21-19-17-15-13-11-9-7-2/h8-11,14-17,20-23,26-29,32-35,38-40,42-44,82H,6-7,12-13,18-19,24-25,30-31,36-37,41,45-81H2,1-5H3/p+1/b10-8-,11-9-,16-14-,17-15-,22-20-,23-21-,28-26-,29-27-,34-32-,35-33-,40-38-,43-42-,44-39-. The van der Waals surface area contributed by atoms with Crippen molar-refractivity contribution in [2.24, 2.45) is 0 Å². The fraction of sp³-hybridized carbons (Fsp3) is 0.667. The van der Waals surface area contributed by atoms with Crippen LogP contribution in [-0.4, -0.2) is 74.9 Å². The molecule has 0 aromatic heterocycles. The maximum absolute atomic E-state index is 12.9. The molecule has 94 heavy (non-hydrogen) atoms. The minimum atomic E-state index is -4.40. The summed E-state index contributed by atoms with van der Waals surface area (Å²) in [4.78, 5) is 36.0. The van der Waals surface area contributed by atoms with Crippen LogP contribution >= 0.6 is 7.82 Å². The number of likely N-dealkylation sites (N-methyl/N-ethyl adjacent to an activating group) is 1. The van der Waals surface area contributed by atoms with Gasteiger partial charge in [-0.25, -0.2) is 4.57 Å². The van der Waals surface area contributed by atoms with E-state index in [1.807, 2.05) is 21.1 Å². The maximum Gasteiger partial charge on any atom is 0.472 e. The Labute approximate surface area is 579 Å². The van der Waals surface area contributed by atoms with E-state index in [1.165, 1.54) is 154 Å². The van der Waals surface area contributed by atoms with Crippen LogP contribution in [0.5, 0.6) is 0 Å². The molecule has 0 rings (SSSR count). The van der Waals surface area contributed by atoms with Gasteiger partial charge >= 0.3 is 19.8 Å². The normalized spacial score (nSPS) is 14.0. The largest absolute Gasteiger partial charge is 0.472 e. The number of phosphoric ester groups is 1. The van der Waals surface area contributed by atoms with E-state index in [2.05, 4.69) is 172 Å². The van der Waals surface area contributed by atoms with Gasteiger partial charge in [0.1, 0.15) is 19.8 Å². The molecule has 0 aromatic rings. The van der Waals surface area contributed by atoms with Crippen LogP contribution in [0.2, 0.25) is 0 Å². The van der Waals surface area contributed by atoms with E-state index >= 15 is 0 Å². The number of quaternary nitrogens is 1. The lowest BCUT2D eigenvalue weighted by molar-refractivity contribution is -0.870. The van der Waals surface area contributed by atoms with Crippen LogP contribution in [0.15, 0.2) is 158 Å². The minimum absolute atomic E-state index is 0.0263. The Bertz CT molecular complexity index is 2150. The Morgan fingerprint density at radius 2 is 0.574 bits per heavy atom. The molecule has 2 unspecified atom stereocenters. The summed E-state index contributed by atoms with van der Waals surface area (Å²) in [6.45, 7) is 4.22.